The minimum absolute atomic E-state index is 0.114. The SMILES string of the molecule is CC(C)CNC(=O)C(C)Oc1ccc(Br)cc1C(C)N. The van der Waals surface area contributed by atoms with Crippen molar-refractivity contribution in [1.82, 2.24) is 5.32 Å². The minimum Gasteiger partial charge on any atom is -0.481 e. The van der Waals surface area contributed by atoms with Crippen LogP contribution in [0.5, 0.6) is 5.75 Å². The molecule has 1 rings (SSSR count). The third-order valence-electron chi connectivity index (χ3n) is 2.82. The molecule has 0 bridgehead atoms. The number of nitrogens with one attached hydrogen (secondary N) is 1. The summed E-state index contributed by atoms with van der Waals surface area (Å²) in [5.41, 5.74) is 6.81. The summed E-state index contributed by atoms with van der Waals surface area (Å²) in [7, 11) is 0. The van der Waals surface area contributed by atoms with Gasteiger partial charge in [-0.05, 0) is 38.0 Å². The van der Waals surface area contributed by atoms with E-state index >= 15 is 0 Å². The number of benzene rings is 1. The molecule has 0 fully saturated rings. The van der Waals surface area contributed by atoms with E-state index in [1.54, 1.807) is 6.92 Å². The highest BCUT2D eigenvalue weighted by Gasteiger charge is 2.17. The summed E-state index contributed by atoms with van der Waals surface area (Å²) in [6.07, 6.45) is -0.549. The fourth-order valence-electron chi connectivity index (χ4n) is 1.67. The highest BCUT2D eigenvalue weighted by Crippen LogP contribution is 2.28. The van der Waals surface area contributed by atoms with Gasteiger partial charge >= 0.3 is 0 Å². The fraction of sp³-hybridized carbons (Fsp3) is 0.533. The summed E-state index contributed by atoms with van der Waals surface area (Å²) in [4.78, 5) is 11.9. The summed E-state index contributed by atoms with van der Waals surface area (Å²) >= 11 is 3.41. The molecule has 0 saturated carbocycles. The van der Waals surface area contributed by atoms with Crippen LogP contribution in [0.2, 0.25) is 0 Å². The van der Waals surface area contributed by atoms with Gasteiger partial charge in [0.25, 0.3) is 5.91 Å². The topological polar surface area (TPSA) is 64.3 Å². The zero-order valence-electron chi connectivity index (χ0n) is 12.4. The van der Waals surface area contributed by atoms with E-state index in [2.05, 4.69) is 35.1 Å². The van der Waals surface area contributed by atoms with Crippen molar-refractivity contribution in [3.8, 4) is 5.75 Å². The standard InChI is InChI=1S/C15H23BrN2O2/c1-9(2)8-18-15(19)11(4)20-14-6-5-12(16)7-13(14)10(3)17/h5-7,9-11H,8,17H2,1-4H3,(H,18,19). The first-order valence-corrected chi connectivity index (χ1v) is 7.60. The summed E-state index contributed by atoms with van der Waals surface area (Å²) in [5, 5.41) is 2.86. The van der Waals surface area contributed by atoms with Crippen LogP contribution in [0.25, 0.3) is 0 Å². The number of amides is 1. The molecule has 0 aliphatic carbocycles. The smallest absolute Gasteiger partial charge is 0.260 e. The predicted octanol–water partition coefficient (Wildman–Crippen LogP) is 3.01. The first kappa shape index (κ1) is 17.0. The van der Waals surface area contributed by atoms with E-state index in [4.69, 9.17) is 10.5 Å². The van der Waals surface area contributed by atoms with Crippen molar-refractivity contribution in [2.75, 3.05) is 6.54 Å². The molecule has 1 amide bonds. The number of ether oxygens (including phenoxy) is 1. The van der Waals surface area contributed by atoms with Crippen molar-refractivity contribution in [3.05, 3.63) is 28.2 Å². The molecule has 5 heteroatoms. The Labute approximate surface area is 129 Å². The lowest BCUT2D eigenvalue weighted by Gasteiger charge is -2.19. The Hall–Kier alpha value is -1.07. The van der Waals surface area contributed by atoms with Crippen LogP contribution in [0.4, 0.5) is 0 Å². The largest absolute Gasteiger partial charge is 0.481 e. The van der Waals surface area contributed by atoms with E-state index in [0.717, 1.165) is 10.0 Å². The number of rotatable bonds is 6. The highest BCUT2D eigenvalue weighted by molar-refractivity contribution is 9.10. The van der Waals surface area contributed by atoms with Gasteiger partial charge in [0, 0.05) is 22.6 Å². The molecule has 112 valence electrons. The van der Waals surface area contributed by atoms with Gasteiger partial charge in [-0.15, -0.1) is 0 Å². The van der Waals surface area contributed by atoms with Crippen molar-refractivity contribution in [3.63, 3.8) is 0 Å². The molecule has 20 heavy (non-hydrogen) atoms. The van der Waals surface area contributed by atoms with Crippen molar-refractivity contribution >= 4 is 21.8 Å². The van der Waals surface area contributed by atoms with Gasteiger partial charge < -0.3 is 15.8 Å². The lowest BCUT2D eigenvalue weighted by molar-refractivity contribution is -0.127. The van der Waals surface area contributed by atoms with E-state index in [9.17, 15) is 4.79 Å². The maximum Gasteiger partial charge on any atom is 0.260 e. The number of carbonyl (C=O) groups is 1. The van der Waals surface area contributed by atoms with Crippen molar-refractivity contribution in [2.45, 2.75) is 39.8 Å². The summed E-state index contributed by atoms with van der Waals surface area (Å²) < 4.78 is 6.68. The molecular weight excluding hydrogens is 320 g/mol. The van der Waals surface area contributed by atoms with E-state index in [1.807, 2.05) is 25.1 Å². The third kappa shape index (κ3) is 5.13. The van der Waals surface area contributed by atoms with Gasteiger partial charge in [-0.1, -0.05) is 29.8 Å². The minimum atomic E-state index is -0.549. The molecule has 0 aliphatic rings. The van der Waals surface area contributed by atoms with Crippen LogP contribution >= 0.6 is 15.9 Å². The molecule has 0 saturated heterocycles. The van der Waals surface area contributed by atoms with Crippen LogP contribution < -0.4 is 15.8 Å². The molecule has 0 spiro atoms. The Balaban J connectivity index is 2.75. The molecule has 0 radical (unpaired) electrons. The number of hydrogen-bond acceptors (Lipinski definition) is 3. The molecule has 0 heterocycles. The fourth-order valence-corrected chi connectivity index (χ4v) is 2.05. The average Bonchev–Trinajstić information content (AvgIpc) is 2.37. The molecule has 0 aromatic heterocycles. The third-order valence-corrected chi connectivity index (χ3v) is 3.31. The zero-order chi connectivity index (χ0) is 15.3. The van der Waals surface area contributed by atoms with Crippen LogP contribution in [-0.2, 0) is 4.79 Å². The molecule has 1 aromatic rings. The van der Waals surface area contributed by atoms with E-state index in [0.29, 0.717) is 18.2 Å². The second kappa shape index (κ2) is 7.64. The van der Waals surface area contributed by atoms with Crippen molar-refractivity contribution in [2.24, 2.45) is 11.7 Å². The second-order valence-electron chi connectivity index (χ2n) is 5.37. The van der Waals surface area contributed by atoms with E-state index in [-0.39, 0.29) is 11.9 Å². The lowest BCUT2D eigenvalue weighted by atomic mass is 10.1. The summed E-state index contributed by atoms with van der Waals surface area (Å²) in [6.45, 7) is 8.37. The number of hydrogen-bond donors (Lipinski definition) is 2. The molecule has 2 atom stereocenters. The van der Waals surface area contributed by atoms with Gasteiger partial charge in [-0.3, -0.25) is 4.79 Å². The molecular formula is C15H23BrN2O2. The maximum atomic E-state index is 11.9. The van der Waals surface area contributed by atoms with Crippen molar-refractivity contribution < 1.29 is 9.53 Å². The Kier molecular flexibility index (Phi) is 6.49. The number of carbonyl (C=O) groups excluding carboxylic acids is 1. The maximum absolute atomic E-state index is 11.9. The van der Waals surface area contributed by atoms with Gasteiger partial charge in [0.05, 0.1) is 0 Å². The molecule has 2 unspecified atom stereocenters. The summed E-state index contributed by atoms with van der Waals surface area (Å²) in [6, 6.07) is 5.46. The number of nitrogens with two attached hydrogens (primary N) is 1. The van der Waals surface area contributed by atoms with E-state index < -0.39 is 6.10 Å². The van der Waals surface area contributed by atoms with Crippen LogP contribution in [0, 0.1) is 5.92 Å². The normalized spacial score (nSPS) is 13.9. The van der Waals surface area contributed by atoms with Crippen LogP contribution in [0.1, 0.15) is 39.3 Å². The summed E-state index contributed by atoms with van der Waals surface area (Å²) in [5.74, 6) is 0.950. The van der Waals surface area contributed by atoms with Gasteiger partial charge in [0.15, 0.2) is 6.10 Å². The molecule has 3 N–H and O–H groups in total. The average molecular weight is 343 g/mol. The Bertz CT molecular complexity index is 461. The first-order chi connectivity index (χ1) is 9.31. The Morgan fingerprint density at radius 2 is 2.00 bits per heavy atom. The molecule has 0 aliphatic heterocycles. The Morgan fingerprint density at radius 3 is 2.55 bits per heavy atom. The second-order valence-corrected chi connectivity index (χ2v) is 6.29. The van der Waals surface area contributed by atoms with Gasteiger partial charge in [-0.2, -0.15) is 0 Å². The van der Waals surface area contributed by atoms with Crippen LogP contribution in [0.3, 0.4) is 0 Å². The van der Waals surface area contributed by atoms with E-state index in [1.165, 1.54) is 0 Å². The Morgan fingerprint density at radius 1 is 1.35 bits per heavy atom. The monoisotopic (exact) mass is 342 g/mol. The van der Waals surface area contributed by atoms with Gasteiger partial charge in [0.1, 0.15) is 5.75 Å². The number of halogens is 1. The van der Waals surface area contributed by atoms with Crippen LogP contribution in [0.15, 0.2) is 22.7 Å². The van der Waals surface area contributed by atoms with Crippen LogP contribution in [-0.4, -0.2) is 18.6 Å². The first-order valence-electron chi connectivity index (χ1n) is 6.80. The van der Waals surface area contributed by atoms with Crippen molar-refractivity contribution in [1.29, 1.82) is 0 Å². The quantitative estimate of drug-likeness (QED) is 0.835. The van der Waals surface area contributed by atoms with Gasteiger partial charge in [-0.25, -0.2) is 0 Å². The lowest BCUT2D eigenvalue weighted by Crippen LogP contribution is -2.38. The predicted molar refractivity (Wildman–Crippen MR) is 84.7 cm³/mol. The zero-order valence-corrected chi connectivity index (χ0v) is 14.0. The van der Waals surface area contributed by atoms with Gasteiger partial charge in [0.2, 0.25) is 0 Å². The molecule has 4 nitrogen and oxygen atoms in total. The highest BCUT2D eigenvalue weighted by atomic mass is 79.9. The molecule has 1 aromatic carbocycles.